The maximum atomic E-state index is 12.9. The molecule has 0 aromatic rings. The Balaban J connectivity index is 4.32. The molecule has 0 spiro atoms. The average Bonchev–Trinajstić information content (AvgIpc) is 3.35. The van der Waals surface area contributed by atoms with Gasteiger partial charge in [-0.05, 0) is 103 Å². The minimum atomic E-state index is -1.52. The summed E-state index contributed by atoms with van der Waals surface area (Å²) in [6, 6.07) is 0. The first-order chi connectivity index (χ1) is 35.1. The number of allylic oxidation sites excluding steroid dienone is 18. The summed E-state index contributed by atoms with van der Waals surface area (Å²) in [6.45, 7) is 4.71. The molecule has 0 aliphatic heterocycles. The molecule has 9 heteroatoms. The van der Waals surface area contributed by atoms with Crippen molar-refractivity contribution < 1.29 is 42.9 Å². The molecule has 0 aromatic carbocycles. The maximum Gasteiger partial charge on any atom is 0.361 e. The summed E-state index contributed by atoms with van der Waals surface area (Å²) in [7, 11) is 5.95. The van der Waals surface area contributed by atoms with Crippen LogP contribution in [-0.4, -0.2) is 87.4 Å². The van der Waals surface area contributed by atoms with Gasteiger partial charge < -0.3 is 28.5 Å². The van der Waals surface area contributed by atoms with Gasteiger partial charge >= 0.3 is 17.9 Å². The van der Waals surface area contributed by atoms with Crippen molar-refractivity contribution in [1.29, 1.82) is 0 Å². The lowest BCUT2D eigenvalue weighted by molar-refractivity contribution is -0.870. The van der Waals surface area contributed by atoms with Crippen molar-refractivity contribution in [3.63, 3.8) is 0 Å². The second-order valence-corrected chi connectivity index (χ2v) is 19.9. The van der Waals surface area contributed by atoms with Crippen LogP contribution in [0.2, 0.25) is 0 Å². The van der Waals surface area contributed by atoms with Crippen molar-refractivity contribution in [2.24, 2.45) is 0 Å². The predicted molar refractivity (Wildman–Crippen MR) is 304 cm³/mol. The van der Waals surface area contributed by atoms with Crippen LogP contribution in [-0.2, 0) is 33.3 Å². The Morgan fingerprint density at radius 3 is 1.18 bits per heavy atom. The summed E-state index contributed by atoms with van der Waals surface area (Å²) >= 11 is 0. The van der Waals surface area contributed by atoms with E-state index in [4.69, 9.17) is 18.9 Å². The molecule has 0 heterocycles. The number of carbonyl (C=O) groups excluding carboxylic acids is 2. The van der Waals surface area contributed by atoms with E-state index in [0.29, 0.717) is 17.4 Å². The molecule has 0 aliphatic rings. The van der Waals surface area contributed by atoms with Crippen LogP contribution in [0.25, 0.3) is 0 Å². The zero-order valence-corrected chi connectivity index (χ0v) is 46.5. The molecule has 2 unspecified atom stereocenters. The van der Waals surface area contributed by atoms with Crippen LogP contribution in [0, 0.1) is 0 Å². The Morgan fingerprint density at radius 2 is 0.792 bits per heavy atom. The zero-order valence-electron chi connectivity index (χ0n) is 46.5. The highest BCUT2D eigenvalue weighted by Crippen LogP contribution is 2.14. The van der Waals surface area contributed by atoms with Crippen LogP contribution in [0.4, 0.5) is 0 Å². The number of rotatable bonds is 51. The smallest absolute Gasteiger partial charge is 0.361 e. The first-order valence-electron chi connectivity index (χ1n) is 28.6. The van der Waals surface area contributed by atoms with Gasteiger partial charge in [0.25, 0.3) is 6.29 Å². The lowest BCUT2D eigenvalue weighted by atomic mass is 10.1. The first kappa shape index (κ1) is 68.0. The number of carboxylic acid groups (broad SMARTS) is 1. The van der Waals surface area contributed by atoms with Gasteiger partial charge in [0.05, 0.1) is 34.4 Å². The lowest BCUT2D eigenvalue weighted by Crippen LogP contribution is -2.40. The van der Waals surface area contributed by atoms with Crippen LogP contribution >= 0.6 is 0 Å². The Hall–Kier alpha value is -4.05. The van der Waals surface area contributed by atoms with E-state index in [9.17, 15) is 19.5 Å². The lowest BCUT2D eigenvalue weighted by Gasteiger charge is -2.25. The zero-order chi connectivity index (χ0) is 52.7. The quantitative estimate of drug-likeness (QED) is 0.0211. The van der Waals surface area contributed by atoms with Gasteiger partial charge in [-0.25, -0.2) is 4.79 Å². The molecular weight excluding hydrogens is 899 g/mol. The summed E-state index contributed by atoms with van der Waals surface area (Å²) in [6.07, 6.45) is 70.1. The highest BCUT2D eigenvalue weighted by atomic mass is 16.7. The van der Waals surface area contributed by atoms with E-state index in [1.165, 1.54) is 70.6 Å². The minimum Gasteiger partial charge on any atom is -0.477 e. The van der Waals surface area contributed by atoms with Crippen molar-refractivity contribution >= 4 is 17.9 Å². The second-order valence-electron chi connectivity index (χ2n) is 19.9. The molecule has 0 radical (unpaired) electrons. The molecule has 1 N–H and O–H groups in total. The molecule has 2 atom stereocenters. The number of carboxylic acids is 1. The van der Waals surface area contributed by atoms with Gasteiger partial charge in [0.1, 0.15) is 13.2 Å². The van der Waals surface area contributed by atoms with E-state index in [1.54, 1.807) is 0 Å². The summed E-state index contributed by atoms with van der Waals surface area (Å²) in [4.78, 5) is 37.4. The summed E-state index contributed by atoms with van der Waals surface area (Å²) < 4.78 is 22.8. The van der Waals surface area contributed by atoms with E-state index in [0.717, 1.165) is 109 Å². The molecule has 0 saturated carbocycles. The maximum absolute atomic E-state index is 12.9. The van der Waals surface area contributed by atoms with E-state index in [-0.39, 0.29) is 38.6 Å². The normalized spacial score (nSPS) is 13.6. The van der Waals surface area contributed by atoms with Gasteiger partial charge in [-0.15, -0.1) is 0 Å². The minimum absolute atomic E-state index is 0.178. The monoisotopic (exact) mass is 1000 g/mol. The molecule has 9 nitrogen and oxygen atoms in total. The van der Waals surface area contributed by atoms with Gasteiger partial charge in [0.2, 0.25) is 0 Å². The number of esters is 2. The third-order valence-electron chi connectivity index (χ3n) is 11.8. The number of carbonyl (C=O) groups is 3. The Bertz CT molecular complexity index is 1540. The predicted octanol–water partition coefficient (Wildman–Crippen LogP) is 16.7. The van der Waals surface area contributed by atoms with Gasteiger partial charge in [-0.2, -0.15) is 0 Å². The molecular formula is C63H106NO8+. The van der Waals surface area contributed by atoms with Crippen molar-refractivity contribution in [3.05, 3.63) is 109 Å². The van der Waals surface area contributed by atoms with Crippen molar-refractivity contribution in [1.82, 2.24) is 0 Å². The molecule has 410 valence electrons. The number of ether oxygens (including phenoxy) is 4. The number of hydrogen-bond acceptors (Lipinski definition) is 7. The largest absolute Gasteiger partial charge is 0.477 e. The molecule has 0 aliphatic carbocycles. The molecule has 0 fully saturated rings. The van der Waals surface area contributed by atoms with Crippen molar-refractivity contribution in [2.45, 2.75) is 225 Å². The molecule has 0 bridgehead atoms. The first-order valence-corrected chi connectivity index (χ1v) is 28.6. The van der Waals surface area contributed by atoms with E-state index >= 15 is 0 Å². The number of nitrogens with zero attached hydrogens (tertiary/aromatic N) is 1. The van der Waals surface area contributed by atoms with E-state index in [1.807, 2.05) is 21.1 Å². The van der Waals surface area contributed by atoms with Gasteiger partial charge in [0, 0.05) is 12.8 Å². The Kier molecular flexibility index (Phi) is 50.3. The van der Waals surface area contributed by atoms with E-state index in [2.05, 4.69) is 123 Å². The molecule has 0 aromatic heterocycles. The number of aliphatic carboxylic acids is 1. The molecule has 0 amide bonds. The van der Waals surface area contributed by atoms with E-state index < -0.39 is 24.3 Å². The van der Waals surface area contributed by atoms with Crippen molar-refractivity contribution in [2.75, 3.05) is 47.5 Å². The third-order valence-corrected chi connectivity index (χ3v) is 11.8. The van der Waals surface area contributed by atoms with Crippen molar-refractivity contribution in [3.8, 4) is 0 Å². The van der Waals surface area contributed by atoms with Crippen LogP contribution in [0.5, 0.6) is 0 Å². The summed E-state index contributed by atoms with van der Waals surface area (Å²) in [5, 5.41) is 9.70. The standard InChI is InChI=1S/C63H105NO8/c1-6-8-10-12-14-16-18-20-22-24-26-27-28-29-30-31-32-33-34-35-36-38-40-42-44-46-48-50-52-54-61(66)72-59(58-71-63(62(67)68)69-56-55-64(3,4)5)57-70-60(65)53-51-49-47-45-43-41-39-37-25-23-21-19-17-15-13-11-9-7-2/h8,10,14,16-17,19-20,22-23,25-27,29-30,32-33,35-36,59,63H,6-7,9,11-13,15,18,21,24,28,31,34,37-58H2,1-5H3/p+1/b10-8-,16-14-,19-17-,22-20-,25-23-,27-26-,30-29-,33-32-,36-35-. The molecule has 0 rings (SSSR count). The second kappa shape index (κ2) is 53.2. The molecule has 0 saturated heterocycles. The number of quaternary nitrogens is 1. The third kappa shape index (κ3) is 53.7. The Morgan fingerprint density at radius 1 is 0.431 bits per heavy atom. The van der Waals surface area contributed by atoms with Gasteiger partial charge in [-0.1, -0.05) is 207 Å². The van der Waals surface area contributed by atoms with Gasteiger partial charge in [-0.3, -0.25) is 9.59 Å². The van der Waals surface area contributed by atoms with Crippen LogP contribution in [0.1, 0.15) is 213 Å². The fourth-order valence-corrected chi connectivity index (χ4v) is 7.38. The number of unbranched alkanes of at least 4 members (excludes halogenated alkanes) is 18. The highest BCUT2D eigenvalue weighted by Gasteiger charge is 2.25. The Labute approximate surface area is 441 Å². The van der Waals surface area contributed by atoms with Gasteiger partial charge in [0.15, 0.2) is 6.10 Å². The van der Waals surface area contributed by atoms with Crippen LogP contribution < -0.4 is 0 Å². The molecule has 72 heavy (non-hydrogen) atoms. The fourth-order valence-electron chi connectivity index (χ4n) is 7.38. The van der Waals surface area contributed by atoms with Crippen LogP contribution in [0.3, 0.4) is 0 Å². The van der Waals surface area contributed by atoms with Crippen LogP contribution in [0.15, 0.2) is 109 Å². The number of likely N-dealkylation sites (N-methyl/N-ethyl adjacent to an activating group) is 1. The summed E-state index contributed by atoms with van der Waals surface area (Å²) in [5.74, 6) is -2.04. The summed E-state index contributed by atoms with van der Waals surface area (Å²) in [5.41, 5.74) is 0. The number of hydrogen-bond donors (Lipinski definition) is 1. The average molecular weight is 1010 g/mol. The highest BCUT2D eigenvalue weighted by molar-refractivity contribution is 5.71. The SMILES string of the molecule is CC/C=C\C/C=C\C/C=C\C/C=C\C/C=C\C/C=C\C/C=C\CCCCCCCCCC(=O)OC(COC(=O)CCCCCCCCC/C=C\C/C=C\CCCCCC)COC(OCC[N+](C)(C)C)C(=O)O. The fraction of sp³-hybridized carbons (Fsp3) is 0.667. The topological polar surface area (TPSA) is 108 Å².